The molecule has 1 rings (SSSR count). The summed E-state index contributed by atoms with van der Waals surface area (Å²) in [6.45, 7) is 2.62. The molecule has 1 aromatic carbocycles. The van der Waals surface area contributed by atoms with E-state index in [2.05, 4.69) is 5.32 Å². The van der Waals surface area contributed by atoms with Crippen LogP contribution in [0, 0.1) is 21.8 Å². The maximum Gasteiger partial charge on any atom is 0.338 e. The molecular formula is C12H15FN2O5. The standard InChI is InChI=1S/C12H15FN2O5/c1-7(6-20-2)5-14-10-3-8(12(16)17)9(13)4-11(10)15(18)19/h3-4,7,14H,5-6H2,1-2H3,(H,16,17). The van der Waals surface area contributed by atoms with Gasteiger partial charge in [0, 0.05) is 13.7 Å². The van der Waals surface area contributed by atoms with Gasteiger partial charge in [0.1, 0.15) is 11.5 Å². The monoisotopic (exact) mass is 286 g/mol. The number of nitro benzene ring substituents is 1. The van der Waals surface area contributed by atoms with Crippen molar-refractivity contribution < 1.29 is 24.0 Å². The van der Waals surface area contributed by atoms with Crippen molar-refractivity contribution >= 4 is 17.3 Å². The number of nitro groups is 1. The van der Waals surface area contributed by atoms with Crippen LogP contribution in [0.25, 0.3) is 0 Å². The third-order valence-electron chi connectivity index (χ3n) is 2.60. The van der Waals surface area contributed by atoms with Crippen molar-refractivity contribution in [2.45, 2.75) is 6.92 Å². The molecule has 0 aliphatic carbocycles. The van der Waals surface area contributed by atoms with E-state index in [1.165, 1.54) is 7.11 Å². The number of nitrogens with zero attached hydrogens (tertiary/aromatic N) is 1. The van der Waals surface area contributed by atoms with Crippen molar-refractivity contribution in [3.05, 3.63) is 33.6 Å². The van der Waals surface area contributed by atoms with Crippen LogP contribution in [0.5, 0.6) is 0 Å². The summed E-state index contributed by atoms with van der Waals surface area (Å²) in [5.41, 5.74) is -1.15. The van der Waals surface area contributed by atoms with Crippen LogP contribution in [0.3, 0.4) is 0 Å². The van der Waals surface area contributed by atoms with Gasteiger partial charge in [-0.1, -0.05) is 6.92 Å². The van der Waals surface area contributed by atoms with Crippen LogP contribution in [0.4, 0.5) is 15.8 Å². The number of benzene rings is 1. The zero-order valence-corrected chi connectivity index (χ0v) is 11.1. The third-order valence-corrected chi connectivity index (χ3v) is 2.60. The summed E-state index contributed by atoms with van der Waals surface area (Å²) in [6.07, 6.45) is 0. The van der Waals surface area contributed by atoms with Crippen molar-refractivity contribution in [3.8, 4) is 0 Å². The minimum atomic E-state index is -1.48. The predicted octanol–water partition coefficient (Wildman–Crippen LogP) is 2.13. The molecule has 0 aromatic heterocycles. The fourth-order valence-corrected chi connectivity index (χ4v) is 1.65. The Kier molecular flexibility index (Phi) is 5.39. The van der Waals surface area contributed by atoms with Crippen LogP contribution in [0.2, 0.25) is 0 Å². The highest BCUT2D eigenvalue weighted by Crippen LogP contribution is 2.28. The van der Waals surface area contributed by atoms with Crippen molar-refractivity contribution in [2.75, 3.05) is 25.6 Å². The highest BCUT2D eigenvalue weighted by molar-refractivity contribution is 5.90. The number of carboxylic acids is 1. The number of rotatable bonds is 7. The summed E-state index contributed by atoms with van der Waals surface area (Å²) in [5.74, 6) is -2.57. The topological polar surface area (TPSA) is 102 Å². The largest absolute Gasteiger partial charge is 0.478 e. The molecule has 0 spiro atoms. The smallest absolute Gasteiger partial charge is 0.338 e. The van der Waals surface area contributed by atoms with Gasteiger partial charge in [0.2, 0.25) is 0 Å². The molecule has 1 aromatic rings. The lowest BCUT2D eigenvalue weighted by molar-refractivity contribution is -0.384. The highest BCUT2D eigenvalue weighted by atomic mass is 19.1. The van der Waals surface area contributed by atoms with E-state index in [1.54, 1.807) is 0 Å². The fraction of sp³-hybridized carbons (Fsp3) is 0.417. The van der Waals surface area contributed by atoms with Crippen LogP contribution in [0.1, 0.15) is 17.3 Å². The Morgan fingerprint density at radius 3 is 2.75 bits per heavy atom. The minimum absolute atomic E-state index is 0.0308. The van der Waals surface area contributed by atoms with Gasteiger partial charge in [-0.2, -0.15) is 0 Å². The first-order valence-corrected chi connectivity index (χ1v) is 5.80. The number of halogens is 1. The average molecular weight is 286 g/mol. The van der Waals surface area contributed by atoms with E-state index >= 15 is 0 Å². The lowest BCUT2D eigenvalue weighted by Gasteiger charge is -2.13. The molecule has 0 aliphatic rings. The van der Waals surface area contributed by atoms with E-state index in [0.717, 1.165) is 6.07 Å². The zero-order valence-electron chi connectivity index (χ0n) is 11.1. The third kappa shape index (κ3) is 3.89. The van der Waals surface area contributed by atoms with Gasteiger partial charge in [0.25, 0.3) is 5.69 Å². The maximum atomic E-state index is 13.4. The molecule has 0 heterocycles. The molecule has 0 amide bonds. The molecule has 7 nitrogen and oxygen atoms in total. The second kappa shape index (κ2) is 6.80. The SMILES string of the molecule is COCC(C)CNc1cc(C(=O)O)c(F)cc1[N+](=O)[O-]. The molecule has 0 radical (unpaired) electrons. The van der Waals surface area contributed by atoms with Gasteiger partial charge in [-0.25, -0.2) is 9.18 Å². The lowest BCUT2D eigenvalue weighted by Crippen LogP contribution is -2.17. The summed E-state index contributed by atoms with van der Waals surface area (Å²) in [4.78, 5) is 20.9. The van der Waals surface area contributed by atoms with E-state index in [0.29, 0.717) is 19.2 Å². The van der Waals surface area contributed by atoms with Gasteiger partial charge in [-0.3, -0.25) is 10.1 Å². The van der Waals surface area contributed by atoms with E-state index in [1.807, 2.05) is 6.92 Å². The molecule has 0 aliphatic heterocycles. The zero-order chi connectivity index (χ0) is 15.3. The van der Waals surface area contributed by atoms with E-state index in [4.69, 9.17) is 9.84 Å². The molecule has 0 saturated heterocycles. The molecular weight excluding hydrogens is 271 g/mol. The number of ether oxygens (including phenoxy) is 1. The number of hydrogen-bond acceptors (Lipinski definition) is 5. The van der Waals surface area contributed by atoms with E-state index in [9.17, 15) is 19.3 Å². The molecule has 110 valence electrons. The Morgan fingerprint density at radius 1 is 1.60 bits per heavy atom. The van der Waals surface area contributed by atoms with Gasteiger partial charge in [0.05, 0.1) is 23.2 Å². The first-order chi connectivity index (χ1) is 9.36. The van der Waals surface area contributed by atoms with Crippen molar-refractivity contribution in [3.63, 3.8) is 0 Å². The summed E-state index contributed by atoms with van der Waals surface area (Å²) < 4.78 is 18.4. The second-order valence-corrected chi connectivity index (χ2v) is 4.35. The van der Waals surface area contributed by atoms with Crippen molar-refractivity contribution in [2.24, 2.45) is 5.92 Å². The number of nitrogens with one attached hydrogen (secondary N) is 1. The maximum absolute atomic E-state index is 13.4. The molecule has 1 unspecified atom stereocenters. The number of anilines is 1. The van der Waals surface area contributed by atoms with Gasteiger partial charge < -0.3 is 15.2 Å². The summed E-state index contributed by atoms with van der Waals surface area (Å²) >= 11 is 0. The van der Waals surface area contributed by atoms with Crippen LogP contribution in [-0.4, -0.2) is 36.3 Å². The molecule has 0 fully saturated rings. The van der Waals surface area contributed by atoms with Crippen molar-refractivity contribution in [1.29, 1.82) is 0 Å². The average Bonchev–Trinajstić information content (AvgIpc) is 2.36. The Balaban J connectivity index is 3.05. The molecule has 0 saturated carbocycles. The van der Waals surface area contributed by atoms with Crippen molar-refractivity contribution in [1.82, 2.24) is 0 Å². The Hall–Kier alpha value is -2.22. The molecule has 20 heavy (non-hydrogen) atoms. The van der Waals surface area contributed by atoms with Gasteiger partial charge in [-0.05, 0) is 12.0 Å². The van der Waals surface area contributed by atoms with Gasteiger partial charge in [-0.15, -0.1) is 0 Å². The summed E-state index contributed by atoms with van der Waals surface area (Å²) in [6, 6.07) is 1.53. The number of carbonyl (C=O) groups is 1. The minimum Gasteiger partial charge on any atom is -0.478 e. The number of methoxy groups -OCH3 is 1. The van der Waals surface area contributed by atoms with E-state index < -0.39 is 28.0 Å². The number of hydrogen-bond donors (Lipinski definition) is 2. The normalized spacial score (nSPS) is 11.9. The van der Waals surface area contributed by atoms with Gasteiger partial charge >= 0.3 is 5.97 Å². The number of aromatic carboxylic acids is 1. The Morgan fingerprint density at radius 2 is 2.25 bits per heavy atom. The quantitative estimate of drug-likeness (QED) is 0.588. The Bertz CT molecular complexity index is 521. The van der Waals surface area contributed by atoms with E-state index in [-0.39, 0.29) is 11.6 Å². The molecule has 0 bridgehead atoms. The first-order valence-electron chi connectivity index (χ1n) is 5.80. The summed E-state index contributed by atoms with van der Waals surface area (Å²) in [5, 5.41) is 22.4. The van der Waals surface area contributed by atoms with Crippen LogP contribution in [0.15, 0.2) is 12.1 Å². The van der Waals surface area contributed by atoms with Crippen LogP contribution in [-0.2, 0) is 4.74 Å². The second-order valence-electron chi connectivity index (χ2n) is 4.35. The Labute approximate surface area is 114 Å². The first kappa shape index (κ1) is 15.8. The van der Waals surface area contributed by atoms with Crippen LogP contribution >= 0.6 is 0 Å². The number of carboxylic acid groups (broad SMARTS) is 1. The predicted molar refractivity (Wildman–Crippen MR) is 69.5 cm³/mol. The van der Waals surface area contributed by atoms with Crippen LogP contribution < -0.4 is 5.32 Å². The fourth-order valence-electron chi connectivity index (χ4n) is 1.65. The molecule has 2 N–H and O–H groups in total. The lowest BCUT2D eigenvalue weighted by atomic mass is 10.1. The highest BCUT2D eigenvalue weighted by Gasteiger charge is 2.21. The molecule has 1 atom stereocenters. The molecule has 8 heteroatoms. The van der Waals surface area contributed by atoms with Gasteiger partial charge in [0.15, 0.2) is 0 Å². The summed E-state index contributed by atoms with van der Waals surface area (Å²) in [7, 11) is 1.53.